The van der Waals surface area contributed by atoms with Gasteiger partial charge in [0, 0.05) is 22.2 Å². The van der Waals surface area contributed by atoms with Gasteiger partial charge in [-0.25, -0.2) is 0 Å². The van der Waals surface area contributed by atoms with Crippen molar-refractivity contribution in [3.8, 4) is 33.5 Å². The number of aryl methyl sites for hydroxylation is 1. The van der Waals surface area contributed by atoms with Crippen LogP contribution in [0.15, 0.2) is 79.0 Å². The third-order valence-corrected chi connectivity index (χ3v) is 6.39. The summed E-state index contributed by atoms with van der Waals surface area (Å²) in [5.41, 5.74) is 11.2. The Balaban J connectivity index is 1.64. The van der Waals surface area contributed by atoms with Crippen LogP contribution in [0.5, 0.6) is 0 Å². The van der Waals surface area contributed by atoms with Gasteiger partial charge in [0.15, 0.2) is 0 Å². The molecule has 1 aliphatic rings. The van der Waals surface area contributed by atoms with E-state index in [2.05, 4.69) is 74.3 Å². The molecule has 2 heteroatoms. The largest absolute Gasteiger partial charge is 0.256 e. The van der Waals surface area contributed by atoms with Gasteiger partial charge in [-0.1, -0.05) is 74.0 Å². The summed E-state index contributed by atoms with van der Waals surface area (Å²) < 4.78 is 0. The van der Waals surface area contributed by atoms with Crippen molar-refractivity contribution >= 4 is 11.6 Å². The van der Waals surface area contributed by atoms with Gasteiger partial charge in [-0.3, -0.25) is 4.98 Å². The molecule has 1 heterocycles. The lowest BCUT2D eigenvalue weighted by atomic mass is 9.81. The minimum absolute atomic E-state index is 0.00187. The van der Waals surface area contributed by atoms with Crippen molar-refractivity contribution in [3.05, 3.63) is 101 Å². The zero-order valence-electron chi connectivity index (χ0n) is 16.8. The van der Waals surface area contributed by atoms with Crippen LogP contribution in [0.1, 0.15) is 30.5 Å². The molecule has 3 aromatic carbocycles. The minimum Gasteiger partial charge on any atom is -0.256 e. The topological polar surface area (TPSA) is 12.9 Å². The average molecular weight is 396 g/mol. The van der Waals surface area contributed by atoms with Gasteiger partial charge in [-0.15, -0.1) is 0 Å². The molecule has 0 saturated heterocycles. The summed E-state index contributed by atoms with van der Waals surface area (Å²) in [7, 11) is 0. The summed E-state index contributed by atoms with van der Waals surface area (Å²) in [5, 5.41) is 0.738. The Morgan fingerprint density at radius 1 is 0.724 bits per heavy atom. The maximum Gasteiger partial charge on any atom is 0.0708 e. The monoisotopic (exact) mass is 395 g/mol. The molecule has 1 nitrogen and oxygen atoms in total. The molecular formula is C27H22ClN. The number of aromatic nitrogens is 1. The van der Waals surface area contributed by atoms with Crippen LogP contribution >= 0.6 is 11.6 Å². The van der Waals surface area contributed by atoms with E-state index >= 15 is 0 Å². The Bertz CT molecular complexity index is 1240. The molecule has 0 unspecified atom stereocenters. The van der Waals surface area contributed by atoms with Crippen molar-refractivity contribution < 1.29 is 0 Å². The van der Waals surface area contributed by atoms with Crippen LogP contribution in [0.25, 0.3) is 33.5 Å². The van der Waals surface area contributed by atoms with E-state index < -0.39 is 0 Å². The van der Waals surface area contributed by atoms with E-state index in [4.69, 9.17) is 11.6 Å². The maximum atomic E-state index is 6.05. The molecule has 1 aromatic heterocycles. The van der Waals surface area contributed by atoms with Crippen LogP contribution < -0.4 is 0 Å². The van der Waals surface area contributed by atoms with Crippen LogP contribution in [-0.2, 0) is 5.41 Å². The fraction of sp³-hybridized carbons (Fsp3) is 0.148. The number of halogens is 1. The van der Waals surface area contributed by atoms with Crippen molar-refractivity contribution in [2.45, 2.75) is 26.2 Å². The average Bonchev–Trinajstić information content (AvgIpc) is 2.96. The van der Waals surface area contributed by atoms with Crippen LogP contribution in [0.2, 0.25) is 5.02 Å². The van der Waals surface area contributed by atoms with Crippen molar-refractivity contribution in [3.63, 3.8) is 0 Å². The fourth-order valence-corrected chi connectivity index (χ4v) is 4.61. The van der Waals surface area contributed by atoms with E-state index in [0.717, 1.165) is 16.3 Å². The van der Waals surface area contributed by atoms with Crippen molar-refractivity contribution in [1.29, 1.82) is 0 Å². The number of hydrogen-bond acceptors (Lipinski definition) is 1. The van der Waals surface area contributed by atoms with E-state index in [-0.39, 0.29) is 5.41 Å². The summed E-state index contributed by atoms with van der Waals surface area (Å²) in [6.07, 6.45) is 1.96. The molecule has 4 aromatic rings. The summed E-state index contributed by atoms with van der Waals surface area (Å²) >= 11 is 6.05. The predicted molar refractivity (Wildman–Crippen MR) is 122 cm³/mol. The van der Waals surface area contributed by atoms with E-state index in [0.29, 0.717) is 0 Å². The zero-order chi connectivity index (χ0) is 20.2. The first kappa shape index (κ1) is 18.1. The molecule has 0 saturated carbocycles. The Morgan fingerprint density at radius 2 is 1.41 bits per heavy atom. The van der Waals surface area contributed by atoms with Gasteiger partial charge in [-0.05, 0) is 70.1 Å². The predicted octanol–water partition coefficient (Wildman–Crippen LogP) is 7.68. The van der Waals surface area contributed by atoms with Gasteiger partial charge in [0.25, 0.3) is 0 Å². The molecule has 1 aliphatic carbocycles. The number of hydrogen-bond donors (Lipinski definition) is 0. The second kappa shape index (κ2) is 6.57. The zero-order valence-corrected chi connectivity index (χ0v) is 17.6. The lowest BCUT2D eigenvalue weighted by Crippen LogP contribution is -2.14. The highest BCUT2D eigenvalue weighted by Gasteiger charge is 2.35. The first-order valence-electron chi connectivity index (χ1n) is 9.92. The van der Waals surface area contributed by atoms with Gasteiger partial charge in [-0.2, -0.15) is 0 Å². The van der Waals surface area contributed by atoms with E-state index in [1.165, 1.54) is 38.9 Å². The summed E-state index contributed by atoms with van der Waals surface area (Å²) in [6, 6.07) is 25.7. The quantitative estimate of drug-likeness (QED) is 0.339. The molecule has 0 N–H and O–H groups in total. The van der Waals surface area contributed by atoms with Crippen molar-refractivity contribution in [2.75, 3.05) is 0 Å². The number of nitrogens with zero attached hydrogens (tertiary/aromatic N) is 1. The van der Waals surface area contributed by atoms with Gasteiger partial charge >= 0.3 is 0 Å². The van der Waals surface area contributed by atoms with Gasteiger partial charge < -0.3 is 0 Å². The highest BCUT2D eigenvalue weighted by atomic mass is 35.5. The SMILES string of the molecule is Cc1cnc(-c2ccc(Cl)cc2)cc1-c1ccc2c(c1)C(C)(C)c1ccccc1-2. The number of pyridine rings is 1. The van der Waals surface area contributed by atoms with Gasteiger partial charge in [0.2, 0.25) is 0 Å². The molecule has 0 atom stereocenters. The maximum absolute atomic E-state index is 6.05. The van der Waals surface area contributed by atoms with Crippen LogP contribution in [0.4, 0.5) is 0 Å². The highest BCUT2D eigenvalue weighted by Crippen LogP contribution is 2.49. The molecule has 0 radical (unpaired) electrons. The molecule has 5 rings (SSSR count). The van der Waals surface area contributed by atoms with Crippen LogP contribution in [0, 0.1) is 6.92 Å². The number of fused-ring (bicyclic) bond motifs is 3. The molecule has 0 fully saturated rings. The first-order chi connectivity index (χ1) is 13.9. The van der Waals surface area contributed by atoms with E-state index in [9.17, 15) is 0 Å². The standard InChI is InChI=1S/C27H22ClN/c1-17-16-29-26(18-8-11-20(28)12-9-18)15-23(17)19-10-13-22-21-6-4-5-7-24(21)27(2,3)25(22)14-19/h4-16H,1-3H3. The molecule has 142 valence electrons. The van der Waals surface area contributed by atoms with E-state index in [1.54, 1.807) is 0 Å². The van der Waals surface area contributed by atoms with Crippen molar-refractivity contribution in [1.82, 2.24) is 4.98 Å². The third-order valence-electron chi connectivity index (χ3n) is 6.14. The van der Waals surface area contributed by atoms with E-state index in [1.807, 2.05) is 30.5 Å². The molecule has 29 heavy (non-hydrogen) atoms. The second-order valence-corrected chi connectivity index (χ2v) is 8.76. The summed E-state index contributed by atoms with van der Waals surface area (Å²) in [5.74, 6) is 0. The molecule has 0 aliphatic heterocycles. The third kappa shape index (κ3) is 2.89. The Labute approximate surface area is 177 Å². The van der Waals surface area contributed by atoms with Crippen molar-refractivity contribution in [2.24, 2.45) is 0 Å². The molecule has 0 amide bonds. The Morgan fingerprint density at radius 3 is 2.21 bits per heavy atom. The fourth-order valence-electron chi connectivity index (χ4n) is 4.49. The summed E-state index contributed by atoms with van der Waals surface area (Å²) in [4.78, 5) is 4.65. The normalized spacial score (nSPS) is 13.8. The molecular weight excluding hydrogens is 374 g/mol. The lowest BCUT2D eigenvalue weighted by Gasteiger charge is -2.22. The number of benzene rings is 3. The number of rotatable bonds is 2. The Kier molecular flexibility index (Phi) is 4.11. The van der Waals surface area contributed by atoms with Gasteiger partial charge in [0.05, 0.1) is 5.69 Å². The highest BCUT2D eigenvalue weighted by molar-refractivity contribution is 6.30. The first-order valence-corrected chi connectivity index (χ1v) is 10.3. The Hall–Kier alpha value is -2.90. The van der Waals surface area contributed by atoms with Gasteiger partial charge in [0.1, 0.15) is 0 Å². The molecule has 0 spiro atoms. The van der Waals surface area contributed by atoms with Crippen LogP contribution in [-0.4, -0.2) is 4.98 Å². The summed E-state index contributed by atoms with van der Waals surface area (Å²) in [6.45, 7) is 6.76. The minimum atomic E-state index is 0.00187. The smallest absolute Gasteiger partial charge is 0.0708 e. The molecule has 0 bridgehead atoms. The van der Waals surface area contributed by atoms with Crippen LogP contribution in [0.3, 0.4) is 0 Å². The lowest BCUT2D eigenvalue weighted by molar-refractivity contribution is 0.660. The second-order valence-electron chi connectivity index (χ2n) is 8.32.